The van der Waals surface area contributed by atoms with Crippen molar-refractivity contribution < 1.29 is 19.2 Å². The van der Waals surface area contributed by atoms with E-state index in [0.29, 0.717) is 51.7 Å². The summed E-state index contributed by atoms with van der Waals surface area (Å²) in [4.78, 5) is 57.5. The average Bonchev–Trinajstić information content (AvgIpc) is 3.44. The molecule has 1 fully saturated rings. The van der Waals surface area contributed by atoms with Gasteiger partial charge < -0.3 is 38.1 Å². The topological polar surface area (TPSA) is 186 Å². The van der Waals surface area contributed by atoms with Gasteiger partial charge in [0.25, 0.3) is 0 Å². The van der Waals surface area contributed by atoms with Gasteiger partial charge in [-0.1, -0.05) is 98.8 Å². The maximum atomic E-state index is 14.2. The Morgan fingerprint density at radius 2 is 1.30 bits per heavy atom. The first kappa shape index (κ1) is 40.6. The molecule has 0 aromatic heterocycles. The molecule has 2 unspecified atom stereocenters. The molecule has 2 aliphatic rings. The van der Waals surface area contributed by atoms with Gasteiger partial charge in [-0.15, -0.1) is 0 Å². The van der Waals surface area contributed by atoms with E-state index >= 15 is 0 Å². The van der Waals surface area contributed by atoms with Crippen LogP contribution in [0.2, 0.25) is 0 Å². The molecule has 1 heterocycles. The second kappa shape index (κ2) is 19.1. The normalized spacial score (nSPS) is 18.3. The van der Waals surface area contributed by atoms with E-state index in [1.54, 1.807) is 0 Å². The third-order valence-corrected chi connectivity index (χ3v) is 11.1. The monoisotopic (exact) mass is 737 g/mol. The number of hydrogen-bond acceptors (Lipinski definition) is 7. The van der Waals surface area contributed by atoms with Gasteiger partial charge in [0.05, 0.1) is 6.04 Å². The Hall–Kier alpha value is -4.58. The van der Waals surface area contributed by atoms with Gasteiger partial charge in [0.1, 0.15) is 18.1 Å². The fraction of sp³-hybridized carbons (Fsp3) is 0.488. The molecule has 9 N–H and O–H groups in total. The number of amides is 4. The van der Waals surface area contributed by atoms with Crippen molar-refractivity contribution in [1.29, 1.82) is 0 Å². The number of hydrogen-bond donors (Lipinski definition) is 6. The number of fused-ring (bicyclic) bond motifs is 2. The first-order valence-corrected chi connectivity index (χ1v) is 19.6. The van der Waals surface area contributed by atoms with Gasteiger partial charge in [0, 0.05) is 31.0 Å². The first-order chi connectivity index (χ1) is 26.0. The highest BCUT2D eigenvalue weighted by atomic mass is 16.2. The van der Waals surface area contributed by atoms with Crippen molar-refractivity contribution in [2.75, 3.05) is 19.6 Å². The third kappa shape index (κ3) is 10.3. The summed E-state index contributed by atoms with van der Waals surface area (Å²) in [5, 5.41) is 8.82. The smallest absolute Gasteiger partial charge is 0.245 e. The van der Waals surface area contributed by atoms with Crippen molar-refractivity contribution >= 4 is 23.6 Å². The summed E-state index contributed by atoms with van der Waals surface area (Å²) in [6.45, 7) is 5.51. The molecule has 3 aromatic carbocycles. The highest BCUT2D eigenvalue weighted by Gasteiger charge is 2.47. The van der Waals surface area contributed by atoms with Gasteiger partial charge in [0.2, 0.25) is 23.6 Å². The Morgan fingerprint density at radius 1 is 0.741 bits per heavy atom. The highest BCUT2D eigenvalue weighted by Crippen LogP contribution is 2.45. The van der Waals surface area contributed by atoms with E-state index in [-0.39, 0.29) is 29.7 Å². The lowest BCUT2D eigenvalue weighted by molar-refractivity contribution is -0.139. The molecule has 3 aromatic rings. The quantitative estimate of drug-likeness (QED) is 0.115. The molecule has 5 rings (SSSR count). The molecule has 1 aliphatic carbocycles. The number of rotatable bonds is 17. The zero-order valence-electron chi connectivity index (χ0n) is 31.8. The molecule has 0 saturated carbocycles. The predicted molar refractivity (Wildman–Crippen MR) is 212 cm³/mol. The molecule has 11 heteroatoms. The van der Waals surface area contributed by atoms with E-state index in [1.165, 1.54) is 11.1 Å². The second-order valence-electron chi connectivity index (χ2n) is 15.5. The van der Waals surface area contributed by atoms with Crippen LogP contribution in [0.4, 0.5) is 0 Å². The van der Waals surface area contributed by atoms with Gasteiger partial charge in [0.15, 0.2) is 0 Å². The third-order valence-electron chi connectivity index (χ3n) is 11.1. The number of benzene rings is 3. The minimum atomic E-state index is -0.987. The van der Waals surface area contributed by atoms with Crippen LogP contribution in [0, 0.1) is 5.92 Å². The number of likely N-dealkylation sites (tertiary alicyclic amines) is 1. The van der Waals surface area contributed by atoms with E-state index in [9.17, 15) is 19.2 Å². The summed E-state index contributed by atoms with van der Waals surface area (Å²) in [5.41, 5.74) is 23.0. The summed E-state index contributed by atoms with van der Waals surface area (Å²) >= 11 is 0. The molecule has 4 amide bonds. The van der Waals surface area contributed by atoms with E-state index in [0.717, 1.165) is 30.4 Å². The number of carbonyl (C=O) groups is 4. The number of nitrogens with zero attached hydrogens (tertiary/aromatic N) is 1. The molecule has 0 bridgehead atoms. The minimum absolute atomic E-state index is 0.00251. The average molecular weight is 738 g/mol. The van der Waals surface area contributed by atoms with Crippen molar-refractivity contribution in [3.63, 3.8) is 0 Å². The summed E-state index contributed by atoms with van der Waals surface area (Å²) in [5.74, 6) is -1.48. The van der Waals surface area contributed by atoms with Gasteiger partial charge in [-0.3, -0.25) is 19.2 Å². The van der Waals surface area contributed by atoms with Crippen molar-refractivity contribution in [1.82, 2.24) is 20.9 Å². The number of piperidine rings is 1. The van der Waals surface area contributed by atoms with Crippen molar-refractivity contribution in [2.45, 2.75) is 107 Å². The van der Waals surface area contributed by atoms with Crippen molar-refractivity contribution in [3.05, 3.63) is 107 Å². The second-order valence-corrected chi connectivity index (χ2v) is 15.5. The molecular weight excluding hydrogens is 679 g/mol. The maximum absolute atomic E-state index is 14.2. The number of nitrogens with one attached hydrogen (secondary N) is 3. The summed E-state index contributed by atoms with van der Waals surface area (Å²) in [6, 6.07) is 23.7. The summed E-state index contributed by atoms with van der Waals surface area (Å²) in [6.07, 6.45) is 5.02. The Morgan fingerprint density at radius 3 is 1.93 bits per heavy atom. The summed E-state index contributed by atoms with van der Waals surface area (Å²) < 4.78 is 0. The van der Waals surface area contributed by atoms with E-state index in [2.05, 4.69) is 40.2 Å². The predicted octanol–water partition coefficient (Wildman–Crippen LogP) is 2.87. The Balaban J connectivity index is 1.28. The van der Waals surface area contributed by atoms with Crippen LogP contribution in [0.25, 0.3) is 0 Å². The van der Waals surface area contributed by atoms with Crippen molar-refractivity contribution in [2.24, 2.45) is 23.1 Å². The van der Waals surface area contributed by atoms with Crippen LogP contribution in [0.15, 0.2) is 84.9 Å². The number of unbranched alkanes of at least 4 members (excludes halogenated alkanes) is 1. The van der Waals surface area contributed by atoms with Crippen LogP contribution in [0.3, 0.4) is 0 Å². The molecule has 1 aliphatic heterocycles. The van der Waals surface area contributed by atoms with Crippen LogP contribution in [-0.2, 0) is 43.9 Å². The summed E-state index contributed by atoms with van der Waals surface area (Å²) in [7, 11) is 0. The van der Waals surface area contributed by atoms with Crippen molar-refractivity contribution in [3.8, 4) is 0 Å². The van der Waals surface area contributed by atoms with Crippen LogP contribution in [-0.4, -0.2) is 78.4 Å². The fourth-order valence-electron chi connectivity index (χ4n) is 8.10. The molecule has 0 radical (unpaired) electrons. The molecule has 290 valence electrons. The molecule has 11 nitrogen and oxygen atoms in total. The number of carbonyl (C=O) groups excluding carboxylic acids is 4. The molecule has 5 atom stereocenters. The SMILES string of the molecule is CC(C)CC(NC(=O)[C@@H](Cc1ccccc1)NC(=O)[C@H](N)Cc1ccccc1)C(=O)N[C@H](CCCCN)C(=O)N1CCC2(CC1)c1ccccc1CC2N. The maximum Gasteiger partial charge on any atom is 0.245 e. The molecule has 1 spiro atoms. The number of nitrogens with two attached hydrogens (primary N) is 3. The molecule has 1 saturated heterocycles. The lowest BCUT2D eigenvalue weighted by Gasteiger charge is -2.43. The standard InChI is InChI=1S/C43H59N7O4/c1-29(2)25-36(49-41(53)37(27-31-15-7-4-8-16-31)48-39(51)34(45)26-30-13-5-3-6-14-30)40(52)47-35(19-11-12-22-44)42(54)50-23-20-43(21-24-50)33-18-10-9-17-32(33)28-38(43)46/h3-10,13-18,29,34-38H,11-12,19-28,44-46H2,1-2H3,(H,47,52)(H,48,51)(H,49,53)/t34-,35-,36?,37-,38?/m1/s1. The zero-order chi connectivity index (χ0) is 38.7. The van der Waals surface area contributed by atoms with Gasteiger partial charge in [-0.2, -0.15) is 0 Å². The van der Waals surface area contributed by atoms with E-state index in [4.69, 9.17) is 17.2 Å². The van der Waals surface area contributed by atoms with Crippen LogP contribution in [0.1, 0.15) is 74.6 Å². The van der Waals surface area contributed by atoms with Gasteiger partial charge >= 0.3 is 0 Å². The minimum Gasteiger partial charge on any atom is -0.343 e. The Kier molecular flexibility index (Phi) is 14.4. The lowest BCUT2D eigenvalue weighted by Crippen LogP contribution is -2.59. The van der Waals surface area contributed by atoms with Gasteiger partial charge in [-0.05, 0) is 86.1 Å². The lowest BCUT2D eigenvalue weighted by atomic mass is 9.71. The Labute approximate surface area is 320 Å². The molecule has 54 heavy (non-hydrogen) atoms. The Bertz CT molecular complexity index is 1690. The van der Waals surface area contributed by atoms with E-state index in [1.807, 2.05) is 79.4 Å². The van der Waals surface area contributed by atoms with Crippen LogP contribution >= 0.6 is 0 Å². The fourth-order valence-corrected chi connectivity index (χ4v) is 8.10. The first-order valence-electron chi connectivity index (χ1n) is 19.6. The van der Waals surface area contributed by atoms with E-state index < -0.39 is 41.9 Å². The van der Waals surface area contributed by atoms with Crippen LogP contribution in [0.5, 0.6) is 0 Å². The largest absolute Gasteiger partial charge is 0.343 e. The zero-order valence-corrected chi connectivity index (χ0v) is 31.8. The highest BCUT2D eigenvalue weighted by molar-refractivity contribution is 5.95. The molecular formula is C43H59N7O4. The van der Waals surface area contributed by atoms with Gasteiger partial charge in [-0.25, -0.2) is 0 Å². The van der Waals surface area contributed by atoms with Crippen LogP contribution < -0.4 is 33.2 Å².